The summed E-state index contributed by atoms with van der Waals surface area (Å²) in [6.07, 6.45) is 0.734. The predicted octanol–water partition coefficient (Wildman–Crippen LogP) is 1.50. The van der Waals surface area contributed by atoms with Gasteiger partial charge in [0, 0.05) is 19.3 Å². The molecule has 0 bridgehead atoms. The molecule has 1 heterocycles. The SMILES string of the molecule is Cc1nn(C)c(C)c1CCNC(=O)C(Cl)Cl. The monoisotopic (exact) mass is 263 g/mol. The van der Waals surface area contributed by atoms with Crippen LogP contribution in [0, 0.1) is 13.8 Å². The highest BCUT2D eigenvalue weighted by Crippen LogP contribution is 2.12. The van der Waals surface area contributed by atoms with Crippen LogP contribution in [0.3, 0.4) is 0 Å². The molecule has 0 fully saturated rings. The molecule has 1 rings (SSSR count). The van der Waals surface area contributed by atoms with Crippen LogP contribution in [0.2, 0.25) is 0 Å². The molecule has 0 radical (unpaired) electrons. The van der Waals surface area contributed by atoms with E-state index >= 15 is 0 Å². The van der Waals surface area contributed by atoms with Crippen LogP contribution in [0.25, 0.3) is 0 Å². The Balaban J connectivity index is 2.52. The number of nitrogens with one attached hydrogen (secondary N) is 1. The standard InChI is InChI=1S/C10H15Cl2N3O/c1-6-8(7(2)15(3)14-6)4-5-13-10(16)9(11)12/h9H,4-5H2,1-3H3,(H,13,16). The van der Waals surface area contributed by atoms with Gasteiger partial charge in [0.2, 0.25) is 0 Å². The minimum Gasteiger partial charge on any atom is -0.353 e. The zero-order chi connectivity index (χ0) is 12.3. The Labute approximate surface area is 105 Å². The second-order valence-corrected chi connectivity index (χ2v) is 4.71. The number of carbonyl (C=O) groups is 1. The first-order valence-electron chi connectivity index (χ1n) is 4.98. The lowest BCUT2D eigenvalue weighted by atomic mass is 10.1. The Kier molecular flexibility index (Phi) is 4.62. The average Bonchev–Trinajstić information content (AvgIpc) is 2.44. The summed E-state index contributed by atoms with van der Waals surface area (Å²) in [6.45, 7) is 4.47. The molecule has 1 amide bonds. The normalized spacial score (nSPS) is 10.9. The third kappa shape index (κ3) is 3.12. The Hall–Kier alpha value is -0.740. The molecule has 0 atom stereocenters. The quantitative estimate of drug-likeness (QED) is 0.838. The molecule has 1 N–H and O–H groups in total. The van der Waals surface area contributed by atoms with Gasteiger partial charge in [-0.15, -0.1) is 0 Å². The number of rotatable bonds is 4. The summed E-state index contributed by atoms with van der Waals surface area (Å²) < 4.78 is 1.83. The van der Waals surface area contributed by atoms with Crippen LogP contribution in [0.5, 0.6) is 0 Å². The van der Waals surface area contributed by atoms with Crippen molar-refractivity contribution in [2.24, 2.45) is 7.05 Å². The van der Waals surface area contributed by atoms with E-state index in [2.05, 4.69) is 10.4 Å². The summed E-state index contributed by atoms with van der Waals surface area (Å²) in [6, 6.07) is 0. The van der Waals surface area contributed by atoms with Crippen molar-refractivity contribution >= 4 is 29.1 Å². The fourth-order valence-electron chi connectivity index (χ4n) is 1.57. The van der Waals surface area contributed by atoms with Crippen molar-refractivity contribution in [1.82, 2.24) is 15.1 Å². The molecule has 1 aromatic rings. The van der Waals surface area contributed by atoms with Gasteiger partial charge in [0.1, 0.15) is 0 Å². The third-order valence-corrected chi connectivity index (χ3v) is 2.93. The molecule has 6 heteroatoms. The van der Waals surface area contributed by atoms with E-state index in [-0.39, 0.29) is 5.91 Å². The number of aromatic nitrogens is 2. The molecule has 0 saturated heterocycles. The molecular formula is C10H15Cl2N3O. The Morgan fingerprint density at radius 3 is 2.56 bits per heavy atom. The fraction of sp³-hybridized carbons (Fsp3) is 0.600. The van der Waals surface area contributed by atoms with Gasteiger partial charge in [0.05, 0.1) is 5.69 Å². The minimum absolute atomic E-state index is 0.359. The number of carbonyl (C=O) groups excluding carboxylic acids is 1. The van der Waals surface area contributed by atoms with E-state index < -0.39 is 4.84 Å². The molecule has 0 aromatic carbocycles. The third-order valence-electron chi connectivity index (χ3n) is 2.53. The Morgan fingerprint density at radius 2 is 2.12 bits per heavy atom. The molecule has 90 valence electrons. The highest BCUT2D eigenvalue weighted by Gasteiger charge is 2.12. The lowest BCUT2D eigenvalue weighted by Gasteiger charge is -2.05. The van der Waals surface area contributed by atoms with Crippen LogP contribution >= 0.6 is 23.2 Å². The van der Waals surface area contributed by atoms with Crippen LogP contribution in [0.4, 0.5) is 0 Å². The summed E-state index contributed by atoms with van der Waals surface area (Å²) in [4.78, 5) is 10.1. The number of amides is 1. The fourth-order valence-corrected chi connectivity index (χ4v) is 1.72. The van der Waals surface area contributed by atoms with Crippen LogP contribution in [0.1, 0.15) is 17.0 Å². The highest BCUT2D eigenvalue weighted by atomic mass is 35.5. The number of alkyl halides is 2. The maximum atomic E-state index is 11.1. The second kappa shape index (κ2) is 5.55. The van der Waals surface area contributed by atoms with Crippen molar-refractivity contribution in [2.45, 2.75) is 25.1 Å². The summed E-state index contributed by atoms with van der Waals surface area (Å²) in [5.74, 6) is -0.359. The molecule has 0 aliphatic heterocycles. The molecule has 1 aromatic heterocycles. The van der Waals surface area contributed by atoms with Gasteiger partial charge in [0.15, 0.2) is 4.84 Å². The molecule has 0 spiro atoms. The Bertz CT molecular complexity index is 388. The molecule has 0 aliphatic carbocycles. The van der Waals surface area contributed by atoms with Crippen LogP contribution in [0.15, 0.2) is 0 Å². The van der Waals surface area contributed by atoms with Crippen molar-refractivity contribution in [3.05, 3.63) is 17.0 Å². The Morgan fingerprint density at radius 1 is 1.50 bits per heavy atom. The van der Waals surface area contributed by atoms with Crippen molar-refractivity contribution in [3.63, 3.8) is 0 Å². The van der Waals surface area contributed by atoms with Crippen molar-refractivity contribution in [1.29, 1.82) is 0 Å². The molecule has 0 unspecified atom stereocenters. The number of nitrogens with zero attached hydrogens (tertiary/aromatic N) is 2. The topological polar surface area (TPSA) is 46.9 Å². The van der Waals surface area contributed by atoms with Gasteiger partial charge in [-0.05, 0) is 25.8 Å². The van der Waals surface area contributed by atoms with Crippen LogP contribution < -0.4 is 5.32 Å². The summed E-state index contributed by atoms with van der Waals surface area (Å²) >= 11 is 10.8. The van der Waals surface area contributed by atoms with Crippen molar-refractivity contribution in [3.8, 4) is 0 Å². The zero-order valence-electron chi connectivity index (χ0n) is 9.55. The van der Waals surface area contributed by atoms with Gasteiger partial charge in [-0.2, -0.15) is 5.10 Å². The van der Waals surface area contributed by atoms with Crippen molar-refractivity contribution in [2.75, 3.05) is 6.54 Å². The summed E-state index contributed by atoms with van der Waals surface area (Å²) in [7, 11) is 1.90. The van der Waals surface area contributed by atoms with E-state index in [1.807, 2.05) is 25.6 Å². The van der Waals surface area contributed by atoms with Gasteiger partial charge in [-0.1, -0.05) is 23.2 Å². The van der Waals surface area contributed by atoms with E-state index in [0.717, 1.165) is 23.4 Å². The molecule has 16 heavy (non-hydrogen) atoms. The zero-order valence-corrected chi connectivity index (χ0v) is 11.1. The first-order valence-corrected chi connectivity index (χ1v) is 5.85. The van der Waals surface area contributed by atoms with E-state index in [9.17, 15) is 4.79 Å². The molecule has 4 nitrogen and oxygen atoms in total. The van der Waals surface area contributed by atoms with E-state index in [0.29, 0.717) is 6.54 Å². The van der Waals surface area contributed by atoms with Gasteiger partial charge >= 0.3 is 0 Å². The van der Waals surface area contributed by atoms with Crippen LogP contribution in [-0.2, 0) is 18.3 Å². The summed E-state index contributed by atoms with van der Waals surface area (Å²) in [5.41, 5.74) is 3.26. The van der Waals surface area contributed by atoms with Gasteiger partial charge in [0.25, 0.3) is 5.91 Å². The lowest BCUT2D eigenvalue weighted by Crippen LogP contribution is -2.30. The van der Waals surface area contributed by atoms with Gasteiger partial charge in [-0.3, -0.25) is 9.48 Å². The maximum absolute atomic E-state index is 11.1. The lowest BCUT2D eigenvalue weighted by molar-refractivity contribution is -0.119. The number of hydrogen-bond acceptors (Lipinski definition) is 2. The first-order chi connectivity index (χ1) is 7.43. The smallest absolute Gasteiger partial charge is 0.253 e. The van der Waals surface area contributed by atoms with Gasteiger partial charge < -0.3 is 5.32 Å². The van der Waals surface area contributed by atoms with E-state index in [4.69, 9.17) is 23.2 Å². The average molecular weight is 264 g/mol. The maximum Gasteiger partial charge on any atom is 0.253 e. The van der Waals surface area contributed by atoms with Crippen LogP contribution in [-0.4, -0.2) is 27.1 Å². The molecular weight excluding hydrogens is 249 g/mol. The second-order valence-electron chi connectivity index (χ2n) is 3.61. The van der Waals surface area contributed by atoms with E-state index in [1.54, 1.807) is 0 Å². The minimum atomic E-state index is -1.00. The first kappa shape index (κ1) is 13.3. The highest BCUT2D eigenvalue weighted by molar-refractivity contribution is 6.53. The predicted molar refractivity (Wildman–Crippen MR) is 64.9 cm³/mol. The molecule has 0 aliphatic rings. The number of aryl methyl sites for hydroxylation is 2. The largest absolute Gasteiger partial charge is 0.353 e. The van der Waals surface area contributed by atoms with Crippen molar-refractivity contribution < 1.29 is 4.79 Å². The number of hydrogen-bond donors (Lipinski definition) is 1. The summed E-state index contributed by atoms with van der Waals surface area (Å²) in [5, 5.41) is 6.95. The number of halogens is 2. The van der Waals surface area contributed by atoms with Gasteiger partial charge in [-0.25, -0.2) is 0 Å². The van der Waals surface area contributed by atoms with E-state index in [1.165, 1.54) is 0 Å². The molecule has 0 saturated carbocycles.